The van der Waals surface area contributed by atoms with Gasteiger partial charge in [-0.1, -0.05) is 35.9 Å². The molecule has 0 aliphatic heterocycles. The van der Waals surface area contributed by atoms with E-state index in [1.54, 1.807) is 0 Å². The molecular weight excluding hydrogens is 330 g/mol. The van der Waals surface area contributed by atoms with Crippen molar-refractivity contribution >= 4 is 33.4 Å². The maximum Gasteiger partial charge on any atom is 0.0795 e. The van der Waals surface area contributed by atoms with Gasteiger partial charge in [-0.15, -0.1) is 0 Å². The molecule has 0 radical (unpaired) electrons. The highest BCUT2D eigenvalue weighted by Crippen LogP contribution is 2.35. The minimum absolute atomic E-state index is 0.717. The van der Waals surface area contributed by atoms with Gasteiger partial charge in [-0.3, -0.25) is 4.98 Å². The molecule has 4 aromatic rings. The van der Waals surface area contributed by atoms with E-state index in [2.05, 4.69) is 34.2 Å². The minimum Gasteiger partial charge on any atom is -0.354 e. The molecular formula is C21H20ClN3. The van der Waals surface area contributed by atoms with E-state index in [0.717, 1.165) is 52.0 Å². The Bertz CT molecular complexity index is 1030. The Labute approximate surface area is 151 Å². The summed E-state index contributed by atoms with van der Waals surface area (Å²) in [4.78, 5) is 8.21. The number of fused-ring (bicyclic) bond motifs is 2. The molecule has 0 aliphatic carbocycles. The summed E-state index contributed by atoms with van der Waals surface area (Å²) in [5, 5.41) is 3.09. The van der Waals surface area contributed by atoms with Crippen LogP contribution < -0.4 is 5.73 Å². The Morgan fingerprint density at radius 1 is 1.04 bits per heavy atom. The fourth-order valence-electron chi connectivity index (χ4n) is 3.46. The molecule has 126 valence electrons. The van der Waals surface area contributed by atoms with Gasteiger partial charge in [-0.05, 0) is 55.6 Å². The molecule has 0 atom stereocenters. The highest BCUT2D eigenvalue weighted by Gasteiger charge is 2.15. The fraction of sp³-hybridized carbons (Fsp3) is 0.190. The zero-order chi connectivity index (χ0) is 17.2. The second-order valence-electron chi connectivity index (χ2n) is 6.29. The lowest BCUT2D eigenvalue weighted by atomic mass is 9.98. The molecule has 0 bridgehead atoms. The molecule has 2 aromatic carbocycles. The number of aromatic amines is 1. The van der Waals surface area contributed by atoms with Crippen LogP contribution in [-0.4, -0.2) is 16.5 Å². The summed E-state index contributed by atoms with van der Waals surface area (Å²) < 4.78 is 0. The summed E-state index contributed by atoms with van der Waals surface area (Å²) >= 11 is 6.26. The lowest BCUT2D eigenvalue weighted by Crippen LogP contribution is -1.99. The van der Waals surface area contributed by atoms with Crippen LogP contribution in [0.4, 0.5) is 0 Å². The van der Waals surface area contributed by atoms with Crippen molar-refractivity contribution in [2.45, 2.75) is 19.3 Å². The van der Waals surface area contributed by atoms with E-state index in [-0.39, 0.29) is 0 Å². The van der Waals surface area contributed by atoms with Crippen molar-refractivity contribution in [3.05, 3.63) is 65.3 Å². The van der Waals surface area contributed by atoms with E-state index in [4.69, 9.17) is 17.3 Å². The number of nitrogens with two attached hydrogens (primary N) is 1. The van der Waals surface area contributed by atoms with Gasteiger partial charge in [-0.2, -0.15) is 0 Å². The summed E-state index contributed by atoms with van der Waals surface area (Å²) in [6.45, 7) is 0.717. The zero-order valence-corrected chi connectivity index (χ0v) is 14.7. The molecule has 4 heteroatoms. The number of benzene rings is 2. The second-order valence-corrected chi connectivity index (χ2v) is 6.73. The van der Waals surface area contributed by atoms with Crippen LogP contribution in [0.2, 0.25) is 5.02 Å². The number of unbranched alkanes of at least 4 members (excludes halogenated alkanes) is 1. The number of nitrogens with zero attached hydrogens (tertiary/aromatic N) is 1. The average Bonchev–Trinajstić information content (AvgIpc) is 2.99. The highest BCUT2D eigenvalue weighted by atomic mass is 35.5. The Balaban J connectivity index is 1.94. The summed E-state index contributed by atoms with van der Waals surface area (Å²) in [6.07, 6.45) is 4.89. The van der Waals surface area contributed by atoms with Gasteiger partial charge >= 0.3 is 0 Å². The van der Waals surface area contributed by atoms with Crippen molar-refractivity contribution in [1.29, 1.82) is 0 Å². The largest absolute Gasteiger partial charge is 0.354 e. The first kappa shape index (κ1) is 16.1. The Morgan fingerprint density at radius 2 is 1.92 bits per heavy atom. The molecule has 0 unspecified atom stereocenters. The summed E-state index contributed by atoms with van der Waals surface area (Å²) in [6, 6.07) is 16.4. The fourth-order valence-corrected chi connectivity index (χ4v) is 3.63. The van der Waals surface area contributed by atoms with Crippen molar-refractivity contribution in [2.24, 2.45) is 5.73 Å². The van der Waals surface area contributed by atoms with Crippen LogP contribution in [0.25, 0.3) is 33.1 Å². The number of nitrogens with one attached hydrogen (secondary N) is 1. The predicted octanol–water partition coefficient (Wildman–Crippen LogP) is 5.32. The smallest absolute Gasteiger partial charge is 0.0795 e. The molecule has 4 rings (SSSR count). The Kier molecular flexibility index (Phi) is 4.43. The Morgan fingerprint density at radius 3 is 2.80 bits per heavy atom. The van der Waals surface area contributed by atoms with Crippen LogP contribution in [0.3, 0.4) is 0 Å². The molecule has 0 saturated carbocycles. The van der Waals surface area contributed by atoms with E-state index >= 15 is 0 Å². The van der Waals surface area contributed by atoms with E-state index in [0.29, 0.717) is 6.54 Å². The standard InChI is InChI=1S/C21H20ClN3/c22-15-9-10-19-18(13-15)16(7-1-2-11-23)21(25-19)17-8-3-5-14-6-4-12-24-20(14)17/h3-6,8-10,12-13,25H,1-2,7,11,23H2. The predicted molar refractivity (Wildman–Crippen MR) is 106 cm³/mol. The van der Waals surface area contributed by atoms with Gasteiger partial charge in [0.1, 0.15) is 0 Å². The lowest BCUT2D eigenvalue weighted by Gasteiger charge is -2.08. The molecule has 0 amide bonds. The number of hydrogen-bond donors (Lipinski definition) is 2. The third-order valence-corrected chi connectivity index (χ3v) is 4.89. The first-order valence-electron chi connectivity index (χ1n) is 8.62. The van der Waals surface area contributed by atoms with Crippen molar-refractivity contribution in [3.63, 3.8) is 0 Å². The van der Waals surface area contributed by atoms with Crippen molar-refractivity contribution < 1.29 is 0 Å². The van der Waals surface area contributed by atoms with Gasteiger partial charge in [0.05, 0.1) is 11.2 Å². The molecule has 2 heterocycles. The van der Waals surface area contributed by atoms with Gasteiger partial charge in [0.2, 0.25) is 0 Å². The molecule has 3 nitrogen and oxygen atoms in total. The van der Waals surface area contributed by atoms with E-state index < -0.39 is 0 Å². The summed E-state index contributed by atoms with van der Waals surface area (Å²) in [5.41, 5.74) is 11.4. The molecule has 3 N–H and O–H groups in total. The number of H-pyrrole nitrogens is 1. The topological polar surface area (TPSA) is 54.7 Å². The first-order valence-corrected chi connectivity index (χ1v) is 9.00. The van der Waals surface area contributed by atoms with Crippen molar-refractivity contribution in [2.75, 3.05) is 6.54 Å². The van der Waals surface area contributed by atoms with Gasteiger partial charge < -0.3 is 10.7 Å². The van der Waals surface area contributed by atoms with Gasteiger partial charge in [0, 0.05) is 33.1 Å². The molecule has 25 heavy (non-hydrogen) atoms. The molecule has 0 spiro atoms. The van der Waals surface area contributed by atoms with Crippen LogP contribution in [-0.2, 0) is 6.42 Å². The Hall–Kier alpha value is -2.36. The van der Waals surface area contributed by atoms with Crippen LogP contribution in [0.5, 0.6) is 0 Å². The number of rotatable bonds is 5. The maximum absolute atomic E-state index is 6.26. The minimum atomic E-state index is 0.717. The summed E-state index contributed by atoms with van der Waals surface area (Å²) in [7, 11) is 0. The van der Waals surface area contributed by atoms with Gasteiger partial charge in [0.25, 0.3) is 0 Å². The molecule has 2 aromatic heterocycles. The third kappa shape index (κ3) is 3.01. The zero-order valence-electron chi connectivity index (χ0n) is 13.9. The monoisotopic (exact) mass is 349 g/mol. The third-order valence-electron chi connectivity index (χ3n) is 4.65. The highest BCUT2D eigenvalue weighted by molar-refractivity contribution is 6.31. The van der Waals surface area contributed by atoms with Crippen LogP contribution in [0.15, 0.2) is 54.7 Å². The van der Waals surface area contributed by atoms with Crippen molar-refractivity contribution in [3.8, 4) is 11.3 Å². The van der Waals surface area contributed by atoms with E-state index in [1.165, 1.54) is 10.9 Å². The summed E-state index contributed by atoms with van der Waals surface area (Å²) in [5.74, 6) is 0. The molecule has 0 saturated heterocycles. The van der Waals surface area contributed by atoms with Crippen LogP contribution in [0.1, 0.15) is 18.4 Å². The number of pyridine rings is 1. The second kappa shape index (κ2) is 6.87. The van der Waals surface area contributed by atoms with Crippen LogP contribution >= 0.6 is 11.6 Å². The average molecular weight is 350 g/mol. The number of halogens is 1. The van der Waals surface area contributed by atoms with E-state index in [1.807, 2.05) is 30.5 Å². The quantitative estimate of drug-likeness (QED) is 0.479. The van der Waals surface area contributed by atoms with Gasteiger partial charge in [-0.25, -0.2) is 0 Å². The number of aromatic nitrogens is 2. The van der Waals surface area contributed by atoms with Crippen LogP contribution in [0, 0.1) is 0 Å². The molecule has 0 fully saturated rings. The SMILES string of the molecule is NCCCCc1c(-c2cccc3cccnc23)[nH]c2ccc(Cl)cc12. The first-order chi connectivity index (χ1) is 12.3. The van der Waals surface area contributed by atoms with Crippen molar-refractivity contribution in [1.82, 2.24) is 9.97 Å². The lowest BCUT2D eigenvalue weighted by molar-refractivity contribution is 0.748. The number of para-hydroxylation sites is 1. The number of aryl methyl sites for hydroxylation is 1. The van der Waals surface area contributed by atoms with Gasteiger partial charge in [0.15, 0.2) is 0 Å². The number of hydrogen-bond acceptors (Lipinski definition) is 2. The molecule has 0 aliphatic rings. The van der Waals surface area contributed by atoms with E-state index in [9.17, 15) is 0 Å². The maximum atomic E-state index is 6.26. The normalized spacial score (nSPS) is 11.4.